The van der Waals surface area contributed by atoms with Crippen LogP contribution in [0, 0.1) is 0 Å². The number of alkyl halides is 6. The van der Waals surface area contributed by atoms with Gasteiger partial charge in [-0.3, -0.25) is 0 Å². The van der Waals surface area contributed by atoms with E-state index in [0.717, 1.165) is 6.92 Å². The van der Waals surface area contributed by atoms with Crippen molar-refractivity contribution in [3.8, 4) is 0 Å². The summed E-state index contributed by atoms with van der Waals surface area (Å²) in [6, 6.07) is 0. The minimum Gasteiger partial charge on any atom is -0.201 e. The lowest BCUT2D eigenvalue weighted by atomic mass is 11.0. The van der Waals surface area contributed by atoms with E-state index in [1.807, 2.05) is 0 Å². The molecule has 14 heteroatoms. The molecule has 110 valence electrons. The van der Waals surface area contributed by atoms with E-state index in [1.54, 1.807) is 0 Å². The second-order valence-corrected chi connectivity index (χ2v) is 8.52. The van der Waals surface area contributed by atoms with Gasteiger partial charge in [0.1, 0.15) is 0 Å². The minimum absolute atomic E-state index is 0.523. The number of rotatable bonds is 4. The summed E-state index contributed by atoms with van der Waals surface area (Å²) < 4.78 is 114. The van der Waals surface area contributed by atoms with Crippen LogP contribution in [0.4, 0.5) is 26.3 Å². The monoisotopic (exact) mass is 341 g/mol. The average Bonchev–Trinajstić information content (AvgIpc) is 2.09. The average molecular weight is 341 g/mol. The van der Waals surface area contributed by atoms with Gasteiger partial charge in [0.15, 0.2) is 0 Å². The standard InChI is InChI=1S/C4H6F6NO4PS2/c1-2-16-11(17(12,13)3(5,6)7)18(14,15)4(8,9)10/h16H,2H2,1H3. The molecule has 5 nitrogen and oxygen atoms in total. The van der Waals surface area contributed by atoms with Gasteiger partial charge in [-0.1, -0.05) is 10.4 Å². The third kappa shape index (κ3) is 3.25. The molecule has 1 unspecified atom stereocenters. The van der Waals surface area contributed by atoms with Gasteiger partial charge in [0.2, 0.25) is 0 Å². The van der Waals surface area contributed by atoms with Crippen LogP contribution in [-0.2, 0) is 20.0 Å². The molecule has 0 heterocycles. The zero-order valence-electron chi connectivity index (χ0n) is 8.37. The highest BCUT2D eigenvalue weighted by Crippen LogP contribution is 2.41. The lowest BCUT2D eigenvalue weighted by molar-refractivity contribution is -0.0504. The van der Waals surface area contributed by atoms with Crippen LogP contribution in [0.5, 0.6) is 0 Å². The molecule has 0 spiro atoms. The summed E-state index contributed by atoms with van der Waals surface area (Å²) in [5.41, 5.74) is -12.3. The third-order valence-corrected chi connectivity index (χ3v) is 7.32. The Morgan fingerprint density at radius 3 is 1.33 bits per heavy atom. The Labute approximate surface area is 100 Å². The second-order valence-electron chi connectivity index (χ2n) is 2.61. The summed E-state index contributed by atoms with van der Waals surface area (Å²) in [4.78, 5) is 0. The maximum absolute atomic E-state index is 12.1. The van der Waals surface area contributed by atoms with E-state index in [1.165, 1.54) is 0 Å². The first-order valence-electron chi connectivity index (χ1n) is 3.86. The SMILES string of the molecule is CCPN(S(=O)(=O)C(F)(F)F)S(=O)(=O)C(F)(F)F. The first-order valence-corrected chi connectivity index (χ1v) is 7.89. The van der Waals surface area contributed by atoms with E-state index >= 15 is 0 Å². The predicted octanol–water partition coefficient (Wildman–Crippen LogP) is 1.60. The van der Waals surface area contributed by atoms with E-state index in [9.17, 15) is 43.2 Å². The minimum atomic E-state index is -6.60. The van der Waals surface area contributed by atoms with Gasteiger partial charge in [0.25, 0.3) is 0 Å². The third-order valence-electron chi connectivity index (χ3n) is 1.31. The van der Waals surface area contributed by atoms with Crippen LogP contribution in [0.3, 0.4) is 0 Å². The molecule has 0 saturated heterocycles. The summed E-state index contributed by atoms with van der Waals surface area (Å²) in [5, 5.41) is 0. The lowest BCUT2D eigenvalue weighted by Gasteiger charge is -2.22. The smallest absolute Gasteiger partial charge is 0.201 e. The van der Waals surface area contributed by atoms with Crippen LogP contribution in [0.15, 0.2) is 0 Å². The Morgan fingerprint density at radius 2 is 1.17 bits per heavy atom. The quantitative estimate of drug-likeness (QED) is 0.575. The number of nitrogens with zero attached hydrogens (tertiary/aromatic N) is 1. The van der Waals surface area contributed by atoms with Crippen LogP contribution in [0.1, 0.15) is 6.92 Å². The van der Waals surface area contributed by atoms with E-state index in [2.05, 4.69) is 0 Å². The van der Waals surface area contributed by atoms with Crippen molar-refractivity contribution in [1.29, 1.82) is 0 Å². The van der Waals surface area contributed by atoms with Crippen molar-refractivity contribution in [1.82, 2.24) is 3.48 Å². The molecule has 0 amide bonds. The topological polar surface area (TPSA) is 71.5 Å². The Hall–Kier alpha value is -0.130. The second kappa shape index (κ2) is 5.10. The Bertz CT molecular complexity index is 449. The summed E-state index contributed by atoms with van der Waals surface area (Å²) in [6.07, 6.45) is -0.523. The highest BCUT2D eigenvalue weighted by atomic mass is 32.3. The molecule has 0 rings (SSSR count). The summed E-state index contributed by atoms with van der Waals surface area (Å²) >= 11 is 0. The number of hydrogen-bond acceptors (Lipinski definition) is 4. The van der Waals surface area contributed by atoms with Crippen LogP contribution < -0.4 is 0 Å². The van der Waals surface area contributed by atoms with Gasteiger partial charge in [0, 0.05) is 0 Å². The molecular formula is C4H6F6NO4PS2. The van der Waals surface area contributed by atoms with Gasteiger partial charge in [0.05, 0.1) is 0 Å². The number of sulfonamides is 2. The van der Waals surface area contributed by atoms with Crippen molar-refractivity contribution in [2.45, 2.75) is 17.9 Å². The molecule has 0 aliphatic heterocycles. The van der Waals surface area contributed by atoms with Crippen LogP contribution >= 0.6 is 8.73 Å². The van der Waals surface area contributed by atoms with E-state index in [4.69, 9.17) is 0 Å². The summed E-state index contributed by atoms with van der Waals surface area (Å²) in [5.74, 6) is 0. The van der Waals surface area contributed by atoms with E-state index in [-0.39, 0.29) is 0 Å². The van der Waals surface area contributed by atoms with Gasteiger partial charge >= 0.3 is 31.1 Å². The zero-order valence-corrected chi connectivity index (χ0v) is 11.0. The van der Waals surface area contributed by atoms with Gasteiger partial charge in [-0.25, -0.2) is 16.8 Å². The molecule has 0 bridgehead atoms. The molecule has 0 aliphatic rings. The van der Waals surface area contributed by atoms with Crippen LogP contribution in [0.2, 0.25) is 0 Å². The van der Waals surface area contributed by atoms with Crippen molar-refractivity contribution < 1.29 is 43.2 Å². The van der Waals surface area contributed by atoms with E-state index in [0.29, 0.717) is 0 Å². The normalized spacial score (nSPS) is 15.8. The molecule has 0 aromatic carbocycles. The molecule has 1 atom stereocenters. The molecule has 0 aromatic heterocycles. The number of halogens is 6. The highest BCUT2D eigenvalue weighted by molar-refractivity contribution is 8.09. The largest absolute Gasteiger partial charge is 0.512 e. The van der Waals surface area contributed by atoms with Crippen LogP contribution in [-0.4, -0.2) is 37.5 Å². The maximum Gasteiger partial charge on any atom is 0.512 e. The van der Waals surface area contributed by atoms with Gasteiger partial charge in [-0.15, -0.1) is 0 Å². The van der Waals surface area contributed by atoms with Crippen molar-refractivity contribution in [2.75, 3.05) is 6.16 Å². The number of hydrogen-bond donors (Lipinski definition) is 0. The summed E-state index contributed by atoms with van der Waals surface area (Å²) in [6.45, 7) is 1.03. The molecular weight excluding hydrogens is 335 g/mol. The first-order chi connectivity index (χ1) is 7.69. The lowest BCUT2D eigenvalue weighted by Crippen LogP contribution is -2.44. The Balaban J connectivity index is 5.95. The van der Waals surface area contributed by atoms with E-state index < -0.39 is 49.4 Å². The predicted molar refractivity (Wildman–Crippen MR) is 50.6 cm³/mol. The highest BCUT2D eigenvalue weighted by Gasteiger charge is 2.61. The van der Waals surface area contributed by atoms with Gasteiger partial charge in [-0.2, -0.15) is 26.3 Å². The van der Waals surface area contributed by atoms with Crippen molar-refractivity contribution in [3.05, 3.63) is 0 Å². The first kappa shape index (κ1) is 17.9. The van der Waals surface area contributed by atoms with Crippen molar-refractivity contribution in [2.24, 2.45) is 0 Å². The molecule has 0 aromatic rings. The zero-order chi connectivity index (χ0) is 15.0. The maximum atomic E-state index is 12.1. The fourth-order valence-corrected chi connectivity index (χ4v) is 5.55. The molecule has 0 aliphatic carbocycles. The van der Waals surface area contributed by atoms with Gasteiger partial charge < -0.3 is 0 Å². The molecule has 0 N–H and O–H groups in total. The van der Waals surface area contributed by atoms with Crippen molar-refractivity contribution >= 4 is 28.8 Å². The van der Waals surface area contributed by atoms with Crippen LogP contribution in [0.25, 0.3) is 0 Å². The fraction of sp³-hybridized carbons (Fsp3) is 1.00. The Morgan fingerprint density at radius 1 is 0.889 bits per heavy atom. The van der Waals surface area contributed by atoms with Gasteiger partial charge in [-0.05, 0) is 14.9 Å². The molecule has 18 heavy (non-hydrogen) atoms. The summed E-state index contributed by atoms with van der Waals surface area (Å²) in [7, 11) is -14.9. The molecule has 0 saturated carbocycles. The molecule has 0 radical (unpaired) electrons. The Kier molecular flexibility index (Phi) is 5.06. The molecule has 0 fully saturated rings. The fourth-order valence-electron chi connectivity index (χ4n) is 0.616. The van der Waals surface area contributed by atoms with Crippen molar-refractivity contribution in [3.63, 3.8) is 0 Å².